The van der Waals surface area contributed by atoms with Crippen molar-refractivity contribution in [3.63, 3.8) is 0 Å². The van der Waals surface area contributed by atoms with Gasteiger partial charge in [0.15, 0.2) is 11.6 Å². The van der Waals surface area contributed by atoms with Crippen LogP contribution in [-0.2, 0) is 11.2 Å². The van der Waals surface area contributed by atoms with Crippen LogP contribution in [0.5, 0.6) is 0 Å². The lowest BCUT2D eigenvalue weighted by Gasteiger charge is -2.02. The van der Waals surface area contributed by atoms with Gasteiger partial charge in [-0.25, -0.2) is 9.78 Å². The van der Waals surface area contributed by atoms with Gasteiger partial charge in [-0.3, -0.25) is 0 Å². The number of carbonyl (C=O) groups excluding carboxylic acids is 1. The number of ether oxygens (including phenoxy) is 1. The lowest BCUT2D eigenvalue weighted by Crippen LogP contribution is -2.09. The van der Waals surface area contributed by atoms with Crippen molar-refractivity contribution in [1.82, 2.24) is 4.98 Å². The minimum absolute atomic E-state index is 0.130. The van der Waals surface area contributed by atoms with Crippen LogP contribution in [0.4, 0.5) is 13.2 Å². The molecule has 0 aliphatic carbocycles. The molecular formula is C8H8F3NO3. The number of alkyl halides is 3. The van der Waals surface area contributed by atoms with E-state index in [0.29, 0.717) is 0 Å². The molecule has 0 spiro atoms. The van der Waals surface area contributed by atoms with Gasteiger partial charge in [0.1, 0.15) is 6.26 Å². The number of nitrogens with zero attached hydrogens (tertiary/aromatic N) is 1. The number of hydrogen-bond donors (Lipinski definition) is 0. The van der Waals surface area contributed by atoms with Crippen molar-refractivity contribution in [2.45, 2.75) is 19.0 Å². The first-order chi connectivity index (χ1) is 6.92. The maximum atomic E-state index is 11.8. The highest BCUT2D eigenvalue weighted by atomic mass is 19.4. The van der Waals surface area contributed by atoms with E-state index < -0.39 is 18.6 Å². The Hall–Kier alpha value is -1.53. The second kappa shape index (κ2) is 4.33. The standard InChI is InChI=1S/C8H8F3NO3/c1-14-7(13)5-4-15-6(12-5)2-3-8(9,10)11/h4H,2-3H2,1H3. The zero-order valence-corrected chi connectivity index (χ0v) is 7.80. The minimum atomic E-state index is -4.26. The van der Waals surface area contributed by atoms with E-state index >= 15 is 0 Å². The molecule has 0 saturated carbocycles. The molecule has 1 aromatic heterocycles. The first kappa shape index (κ1) is 11.5. The first-order valence-electron chi connectivity index (χ1n) is 4.02. The van der Waals surface area contributed by atoms with Crippen LogP contribution in [0, 0.1) is 0 Å². The lowest BCUT2D eigenvalue weighted by molar-refractivity contribution is -0.134. The van der Waals surface area contributed by atoms with Crippen LogP contribution in [0.25, 0.3) is 0 Å². The number of rotatable bonds is 3. The number of hydrogen-bond acceptors (Lipinski definition) is 4. The highest BCUT2D eigenvalue weighted by Crippen LogP contribution is 2.21. The third-order valence-electron chi connectivity index (χ3n) is 1.57. The van der Waals surface area contributed by atoms with E-state index in [2.05, 4.69) is 14.1 Å². The van der Waals surface area contributed by atoms with Crippen LogP contribution < -0.4 is 0 Å². The topological polar surface area (TPSA) is 52.3 Å². The summed E-state index contributed by atoms with van der Waals surface area (Å²) in [6.07, 6.45) is -4.72. The number of aryl methyl sites for hydroxylation is 1. The van der Waals surface area contributed by atoms with Crippen LogP contribution in [0.3, 0.4) is 0 Å². The second-order valence-corrected chi connectivity index (χ2v) is 2.73. The van der Waals surface area contributed by atoms with Crippen LogP contribution in [0.1, 0.15) is 22.8 Å². The average molecular weight is 223 g/mol. The van der Waals surface area contributed by atoms with Crippen molar-refractivity contribution in [1.29, 1.82) is 0 Å². The SMILES string of the molecule is COC(=O)c1coc(CCC(F)(F)F)n1. The third-order valence-corrected chi connectivity index (χ3v) is 1.57. The predicted molar refractivity (Wildman–Crippen MR) is 42.2 cm³/mol. The third kappa shape index (κ3) is 3.61. The normalized spacial score (nSPS) is 11.5. The summed E-state index contributed by atoms with van der Waals surface area (Å²) < 4.78 is 44.4. The Labute approximate surface area is 83.0 Å². The summed E-state index contributed by atoms with van der Waals surface area (Å²) in [5.41, 5.74) is -0.130. The van der Waals surface area contributed by atoms with E-state index in [0.717, 1.165) is 13.4 Å². The largest absolute Gasteiger partial charge is 0.464 e. The van der Waals surface area contributed by atoms with Crippen LogP contribution in [0.2, 0.25) is 0 Å². The number of oxazole rings is 1. The monoisotopic (exact) mass is 223 g/mol. The molecule has 84 valence electrons. The minimum Gasteiger partial charge on any atom is -0.464 e. The highest BCUT2D eigenvalue weighted by molar-refractivity contribution is 5.86. The predicted octanol–water partition coefficient (Wildman–Crippen LogP) is 1.96. The molecule has 0 atom stereocenters. The van der Waals surface area contributed by atoms with Gasteiger partial charge >= 0.3 is 12.1 Å². The summed E-state index contributed by atoms with van der Waals surface area (Å²) in [5, 5.41) is 0. The van der Waals surface area contributed by atoms with Gasteiger partial charge in [0, 0.05) is 6.42 Å². The van der Waals surface area contributed by atoms with Gasteiger partial charge in [0.25, 0.3) is 0 Å². The van der Waals surface area contributed by atoms with E-state index in [4.69, 9.17) is 0 Å². The van der Waals surface area contributed by atoms with E-state index in [1.165, 1.54) is 0 Å². The van der Waals surface area contributed by atoms with Gasteiger partial charge in [-0.2, -0.15) is 13.2 Å². The number of carbonyl (C=O) groups is 1. The summed E-state index contributed by atoms with van der Waals surface area (Å²) in [6, 6.07) is 0. The van der Waals surface area contributed by atoms with Gasteiger partial charge in [0.2, 0.25) is 0 Å². The van der Waals surface area contributed by atoms with E-state index in [-0.39, 0.29) is 18.0 Å². The molecule has 0 saturated heterocycles. The first-order valence-corrected chi connectivity index (χ1v) is 4.02. The molecule has 0 aromatic carbocycles. The van der Waals surface area contributed by atoms with E-state index in [1.54, 1.807) is 0 Å². The molecule has 15 heavy (non-hydrogen) atoms. The summed E-state index contributed by atoms with van der Waals surface area (Å²) in [5.74, 6) is -0.871. The fraction of sp³-hybridized carbons (Fsp3) is 0.500. The van der Waals surface area contributed by atoms with Crippen molar-refractivity contribution in [2.75, 3.05) is 7.11 Å². The van der Waals surface area contributed by atoms with Crippen molar-refractivity contribution < 1.29 is 27.1 Å². The number of esters is 1. The maximum absolute atomic E-state index is 11.8. The highest BCUT2D eigenvalue weighted by Gasteiger charge is 2.27. The Balaban J connectivity index is 2.57. The van der Waals surface area contributed by atoms with Crippen LogP contribution in [0.15, 0.2) is 10.7 Å². The van der Waals surface area contributed by atoms with Gasteiger partial charge < -0.3 is 9.15 Å². The number of methoxy groups -OCH3 is 1. The van der Waals surface area contributed by atoms with Crippen molar-refractivity contribution >= 4 is 5.97 Å². The molecule has 4 nitrogen and oxygen atoms in total. The zero-order valence-electron chi connectivity index (χ0n) is 7.80. The Morgan fingerprint density at radius 3 is 2.80 bits per heavy atom. The molecule has 0 N–H and O–H groups in total. The Morgan fingerprint density at radius 2 is 2.27 bits per heavy atom. The smallest absolute Gasteiger partial charge is 0.389 e. The van der Waals surface area contributed by atoms with Gasteiger partial charge in [-0.15, -0.1) is 0 Å². The number of aromatic nitrogens is 1. The van der Waals surface area contributed by atoms with E-state index in [9.17, 15) is 18.0 Å². The fourth-order valence-electron chi connectivity index (χ4n) is 0.873. The molecule has 1 heterocycles. The van der Waals surface area contributed by atoms with Gasteiger partial charge in [0.05, 0.1) is 13.5 Å². The summed E-state index contributed by atoms with van der Waals surface area (Å²) in [6.45, 7) is 0. The molecule has 0 bridgehead atoms. The molecule has 0 amide bonds. The molecule has 0 aliphatic heterocycles. The Kier molecular flexibility index (Phi) is 3.33. The molecular weight excluding hydrogens is 215 g/mol. The summed E-state index contributed by atoms with van der Waals surface area (Å²) in [4.78, 5) is 14.4. The van der Waals surface area contributed by atoms with Gasteiger partial charge in [-0.05, 0) is 0 Å². The zero-order chi connectivity index (χ0) is 11.5. The van der Waals surface area contributed by atoms with Crippen molar-refractivity contribution in [3.8, 4) is 0 Å². The average Bonchev–Trinajstić information content (AvgIpc) is 2.61. The molecule has 7 heteroatoms. The maximum Gasteiger partial charge on any atom is 0.389 e. The summed E-state index contributed by atoms with van der Waals surface area (Å²) in [7, 11) is 1.15. The lowest BCUT2D eigenvalue weighted by atomic mass is 10.3. The molecule has 0 aliphatic rings. The quantitative estimate of drug-likeness (QED) is 0.735. The van der Waals surface area contributed by atoms with Gasteiger partial charge in [-0.1, -0.05) is 0 Å². The van der Waals surface area contributed by atoms with Crippen LogP contribution >= 0.6 is 0 Å². The molecule has 1 aromatic rings. The Morgan fingerprint density at radius 1 is 1.60 bits per heavy atom. The molecule has 0 fully saturated rings. The molecule has 1 rings (SSSR count). The fourth-order valence-corrected chi connectivity index (χ4v) is 0.873. The molecule has 0 unspecified atom stereocenters. The summed E-state index contributed by atoms with van der Waals surface area (Å²) >= 11 is 0. The van der Waals surface area contributed by atoms with E-state index in [1.807, 2.05) is 0 Å². The molecule has 0 radical (unpaired) electrons. The Bertz CT molecular complexity index is 345. The van der Waals surface area contributed by atoms with Crippen molar-refractivity contribution in [2.24, 2.45) is 0 Å². The number of halogens is 3. The van der Waals surface area contributed by atoms with Crippen molar-refractivity contribution in [3.05, 3.63) is 17.8 Å². The second-order valence-electron chi connectivity index (χ2n) is 2.73. The van der Waals surface area contributed by atoms with Crippen LogP contribution in [-0.4, -0.2) is 24.2 Å².